The van der Waals surface area contributed by atoms with E-state index in [4.69, 9.17) is 14.8 Å². The molecule has 1 saturated carbocycles. The molecule has 3 rings (SSSR count). The van der Waals surface area contributed by atoms with Gasteiger partial charge in [-0.15, -0.1) is 24.8 Å². The number of ether oxygens (including phenoxy) is 1. The van der Waals surface area contributed by atoms with E-state index in [1.165, 1.54) is 0 Å². The molecule has 7 nitrogen and oxygen atoms in total. The molecule has 1 aliphatic carbocycles. The summed E-state index contributed by atoms with van der Waals surface area (Å²) in [5, 5.41) is 11.8. The zero-order valence-electron chi connectivity index (χ0n) is 17.9. The van der Waals surface area contributed by atoms with Gasteiger partial charge in [-0.2, -0.15) is 5.10 Å². The minimum atomic E-state index is -0.194. The quantitative estimate of drug-likeness (QED) is 0.609. The first-order chi connectivity index (χ1) is 12.8. The van der Waals surface area contributed by atoms with Gasteiger partial charge in [-0.25, -0.2) is 9.67 Å². The number of nitrogens with zero attached hydrogens (tertiary/aromatic N) is 3. The molecule has 2 aromatic rings. The number of amides is 1. The van der Waals surface area contributed by atoms with Gasteiger partial charge >= 0.3 is 0 Å². The Morgan fingerprint density at radius 3 is 2.52 bits per heavy atom. The highest BCUT2D eigenvalue weighted by molar-refractivity contribution is 6.06. The molecule has 0 unspecified atom stereocenters. The molecule has 0 aromatic carbocycles. The lowest BCUT2D eigenvalue weighted by atomic mass is 10.1. The molecule has 164 valence electrons. The molecular weight excluding hydrogens is 413 g/mol. The monoisotopic (exact) mass is 445 g/mol. The summed E-state index contributed by atoms with van der Waals surface area (Å²) in [6.07, 6.45) is 2.29. The maximum atomic E-state index is 12.9. The number of carbonyl (C=O) groups is 1. The first-order valence-corrected chi connectivity index (χ1v) is 9.71. The maximum Gasteiger partial charge on any atom is 0.252 e. The Balaban J connectivity index is 0.00000210. The fraction of sp³-hybridized carbons (Fsp3) is 0.650. The van der Waals surface area contributed by atoms with Crippen molar-refractivity contribution in [1.82, 2.24) is 25.4 Å². The van der Waals surface area contributed by atoms with Crippen LogP contribution in [0.2, 0.25) is 0 Å². The van der Waals surface area contributed by atoms with Crippen LogP contribution in [-0.4, -0.2) is 54.0 Å². The summed E-state index contributed by atoms with van der Waals surface area (Å²) in [5.41, 5.74) is 3.16. The van der Waals surface area contributed by atoms with Crippen molar-refractivity contribution in [3.8, 4) is 0 Å². The number of nitrogens with one attached hydrogen (secondary N) is 2. The van der Waals surface area contributed by atoms with Crippen LogP contribution in [0.15, 0.2) is 6.07 Å². The molecule has 29 heavy (non-hydrogen) atoms. The summed E-state index contributed by atoms with van der Waals surface area (Å²) >= 11 is 0. The Hall–Kier alpha value is -1.41. The lowest BCUT2D eigenvalue weighted by Crippen LogP contribution is -2.33. The smallest absolute Gasteiger partial charge is 0.252 e. The summed E-state index contributed by atoms with van der Waals surface area (Å²) in [6, 6.07) is 1.97. The topological polar surface area (TPSA) is 81.1 Å². The minimum Gasteiger partial charge on any atom is -0.383 e. The standard InChI is InChI=1S/C20H31N5O2.2ClH/c1-13-17-15(19(26)22-9-8-21-10-11-27-5)12-16(14-6-7-14)23-18(17)25(24-13)20(2,3)4;;/h12,14,21H,6-11H2,1-5H3,(H,22,26);2*1H. The van der Waals surface area contributed by atoms with Gasteiger partial charge in [-0.05, 0) is 46.6 Å². The van der Waals surface area contributed by atoms with Crippen LogP contribution in [0.4, 0.5) is 0 Å². The third-order valence-electron chi connectivity index (χ3n) is 4.78. The van der Waals surface area contributed by atoms with Crippen molar-refractivity contribution in [2.24, 2.45) is 0 Å². The minimum absolute atomic E-state index is 0. The number of methoxy groups -OCH3 is 1. The summed E-state index contributed by atoms with van der Waals surface area (Å²) in [6.45, 7) is 11.0. The van der Waals surface area contributed by atoms with Gasteiger partial charge in [0, 0.05) is 38.4 Å². The van der Waals surface area contributed by atoms with Crippen molar-refractivity contribution in [3.63, 3.8) is 0 Å². The number of halogens is 2. The average Bonchev–Trinajstić information content (AvgIpc) is 3.40. The molecule has 9 heteroatoms. The van der Waals surface area contributed by atoms with Crippen molar-refractivity contribution in [2.75, 3.05) is 33.4 Å². The fourth-order valence-electron chi connectivity index (χ4n) is 3.20. The van der Waals surface area contributed by atoms with Crippen LogP contribution in [0.5, 0.6) is 0 Å². The molecule has 0 bridgehead atoms. The van der Waals surface area contributed by atoms with Crippen molar-refractivity contribution in [3.05, 3.63) is 23.0 Å². The van der Waals surface area contributed by atoms with E-state index in [2.05, 4.69) is 31.4 Å². The van der Waals surface area contributed by atoms with Gasteiger partial charge in [0.25, 0.3) is 5.91 Å². The highest BCUT2D eigenvalue weighted by Gasteiger charge is 2.30. The molecule has 0 spiro atoms. The SMILES string of the molecule is COCCNCCNC(=O)c1cc(C2CC2)nc2c1c(C)nn2C(C)(C)C.Cl.Cl. The van der Waals surface area contributed by atoms with E-state index in [0.29, 0.717) is 31.2 Å². The largest absolute Gasteiger partial charge is 0.383 e. The summed E-state index contributed by atoms with van der Waals surface area (Å²) < 4.78 is 6.96. The third-order valence-corrected chi connectivity index (χ3v) is 4.78. The van der Waals surface area contributed by atoms with E-state index in [1.807, 2.05) is 17.7 Å². The molecule has 0 aliphatic heterocycles. The molecule has 0 saturated heterocycles. The van der Waals surface area contributed by atoms with E-state index >= 15 is 0 Å². The number of hydrogen-bond acceptors (Lipinski definition) is 5. The Kier molecular flexibility index (Phi) is 9.34. The van der Waals surface area contributed by atoms with E-state index in [0.717, 1.165) is 41.8 Å². The van der Waals surface area contributed by atoms with Crippen molar-refractivity contribution in [2.45, 2.75) is 52.0 Å². The van der Waals surface area contributed by atoms with E-state index in [-0.39, 0.29) is 36.3 Å². The number of aryl methyl sites for hydroxylation is 1. The second-order valence-electron chi connectivity index (χ2n) is 8.23. The van der Waals surface area contributed by atoms with Crippen LogP contribution >= 0.6 is 24.8 Å². The molecular formula is C20H33Cl2N5O2. The second-order valence-corrected chi connectivity index (χ2v) is 8.23. The van der Waals surface area contributed by atoms with Crippen molar-refractivity contribution < 1.29 is 9.53 Å². The average molecular weight is 446 g/mol. The first-order valence-electron chi connectivity index (χ1n) is 9.71. The Bertz CT molecular complexity index is 828. The van der Waals surface area contributed by atoms with Crippen LogP contribution in [-0.2, 0) is 10.3 Å². The van der Waals surface area contributed by atoms with E-state index in [9.17, 15) is 4.79 Å². The number of aromatic nitrogens is 3. The van der Waals surface area contributed by atoms with Crippen LogP contribution in [0.3, 0.4) is 0 Å². The number of pyridine rings is 1. The summed E-state index contributed by atoms with van der Waals surface area (Å²) in [7, 11) is 1.68. The van der Waals surface area contributed by atoms with Crippen molar-refractivity contribution >= 4 is 41.8 Å². The second kappa shape index (κ2) is 10.6. The normalized spacial score (nSPS) is 13.7. The third kappa shape index (κ3) is 6.04. The van der Waals surface area contributed by atoms with Gasteiger partial charge in [0.1, 0.15) is 0 Å². The maximum absolute atomic E-state index is 12.9. The van der Waals surface area contributed by atoms with E-state index < -0.39 is 0 Å². The molecule has 0 atom stereocenters. The van der Waals surface area contributed by atoms with Gasteiger partial charge in [-0.3, -0.25) is 4.79 Å². The fourth-order valence-corrected chi connectivity index (χ4v) is 3.20. The van der Waals surface area contributed by atoms with Gasteiger partial charge in [-0.1, -0.05) is 0 Å². The molecule has 1 aliphatic rings. The van der Waals surface area contributed by atoms with Crippen LogP contribution in [0.25, 0.3) is 11.0 Å². The zero-order valence-corrected chi connectivity index (χ0v) is 19.5. The molecule has 1 fully saturated rings. The zero-order chi connectivity index (χ0) is 19.6. The Morgan fingerprint density at radius 2 is 1.93 bits per heavy atom. The lowest BCUT2D eigenvalue weighted by molar-refractivity contribution is 0.0955. The van der Waals surface area contributed by atoms with Crippen LogP contribution < -0.4 is 10.6 Å². The van der Waals surface area contributed by atoms with Gasteiger partial charge < -0.3 is 15.4 Å². The van der Waals surface area contributed by atoms with Crippen molar-refractivity contribution in [1.29, 1.82) is 0 Å². The molecule has 1 amide bonds. The predicted octanol–water partition coefficient (Wildman–Crippen LogP) is 3.18. The number of fused-ring (bicyclic) bond motifs is 1. The van der Waals surface area contributed by atoms with Gasteiger partial charge in [0.05, 0.1) is 28.8 Å². The van der Waals surface area contributed by atoms with Gasteiger partial charge in [0.15, 0.2) is 5.65 Å². The molecule has 2 aromatic heterocycles. The summed E-state index contributed by atoms with van der Waals surface area (Å²) in [4.78, 5) is 17.8. The number of rotatable bonds is 8. The van der Waals surface area contributed by atoms with Crippen LogP contribution in [0.1, 0.15) is 61.3 Å². The summed E-state index contributed by atoms with van der Waals surface area (Å²) in [5.74, 6) is 0.412. The lowest BCUT2D eigenvalue weighted by Gasteiger charge is -2.20. The predicted molar refractivity (Wildman–Crippen MR) is 121 cm³/mol. The molecule has 2 heterocycles. The van der Waals surface area contributed by atoms with E-state index in [1.54, 1.807) is 7.11 Å². The molecule has 2 N–H and O–H groups in total. The van der Waals surface area contributed by atoms with Gasteiger partial charge in [0.2, 0.25) is 0 Å². The Labute approximate surface area is 185 Å². The molecule has 0 radical (unpaired) electrons. The Morgan fingerprint density at radius 1 is 1.24 bits per heavy atom. The first kappa shape index (κ1) is 25.6. The van der Waals surface area contributed by atoms with Crippen LogP contribution in [0, 0.1) is 6.92 Å². The highest BCUT2D eigenvalue weighted by Crippen LogP contribution is 2.40. The number of hydrogen-bond donors (Lipinski definition) is 2. The highest BCUT2D eigenvalue weighted by atomic mass is 35.5. The number of carbonyl (C=O) groups excluding carboxylic acids is 1.